The van der Waals surface area contributed by atoms with Gasteiger partial charge in [0.25, 0.3) is 5.78 Å². The number of ketones is 1. The maximum absolute atomic E-state index is 12.4. The van der Waals surface area contributed by atoms with E-state index in [4.69, 9.17) is 5.26 Å². The van der Waals surface area contributed by atoms with Gasteiger partial charge in [0.15, 0.2) is 0 Å². The smallest absolute Gasteiger partial charge is 0.284 e. The van der Waals surface area contributed by atoms with Crippen LogP contribution >= 0.6 is 11.8 Å². The third kappa shape index (κ3) is 2.12. The van der Waals surface area contributed by atoms with E-state index in [2.05, 4.69) is 0 Å². The van der Waals surface area contributed by atoms with Crippen LogP contribution in [0.25, 0.3) is 0 Å². The highest BCUT2D eigenvalue weighted by molar-refractivity contribution is 8.03. The number of carbonyl (C=O) groups excluding carboxylic acids is 1. The monoisotopic (exact) mass is 259 g/mol. The SMILES string of the molecule is N#CCSC1=C(C(=O)C(F)(F)F)[C@H]2C=C[C@@H]1C2. The Kier molecular flexibility index (Phi) is 3.04. The molecule has 2 aliphatic carbocycles. The molecule has 2 rings (SSSR count). The number of hydrogen-bond acceptors (Lipinski definition) is 3. The Labute approximate surface area is 100 Å². The molecule has 0 aromatic rings. The summed E-state index contributed by atoms with van der Waals surface area (Å²) in [6.07, 6.45) is -0.825. The van der Waals surface area contributed by atoms with Gasteiger partial charge in [0.2, 0.25) is 0 Å². The van der Waals surface area contributed by atoms with E-state index in [9.17, 15) is 18.0 Å². The van der Waals surface area contributed by atoms with Crippen molar-refractivity contribution < 1.29 is 18.0 Å². The van der Waals surface area contributed by atoms with E-state index >= 15 is 0 Å². The van der Waals surface area contributed by atoms with Crippen molar-refractivity contribution in [1.82, 2.24) is 0 Å². The number of nitrogens with zero attached hydrogens (tertiary/aromatic N) is 1. The first-order valence-corrected chi connectivity index (χ1v) is 5.97. The minimum atomic E-state index is -4.83. The normalized spacial score (nSPS) is 26.5. The molecule has 0 fully saturated rings. The van der Waals surface area contributed by atoms with Gasteiger partial charge in [-0.1, -0.05) is 12.2 Å². The van der Waals surface area contributed by atoms with Crippen molar-refractivity contribution in [2.45, 2.75) is 12.6 Å². The molecule has 0 saturated heterocycles. The van der Waals surface area contributed by atoms with E-state index in [1.54, 1.807) is 6.08 Å². The maximum Gasteiger partial charge on any atom is 0.454 e. The van der Waals surface area contributed by atoms with Crippen molar-refractivity contribution in [2.24, 2.45) is 11.8 Å². The van der Waals surface area contributed by atoms with Crippen molar-refractivity contribution in [3.05, 3.63) is 22.6 Å². The highest BCUT2D eigenvalue weighted by Crippen LogP contribution is 2.50. The first-order valence-electron chi connectivity index (χ1n) is 4.98. The van der Waals surface area contributed by atoms with Crippen LogP contribution in [-0.2, 0) is 4.79 Å². The molecule has 0 saturated carbocycles. The molecule has 0 heterocycles. The molecule has 0 aromatic carbocycles. The summed E-state index contributed by atoms with van der Waals surface area (Å²) in [5.41, 5.74) is -0.148. The van der Waals surface area contributed by atoms with Gasteiger partial charge in [0, 0.05) is 22.3 Å². The van der Waals surface area contributed by atoms with Gasteiger partial charge in [0.05, 0.1) is 11.8 Å². The van der Waals surface area contributed by atoms with E-state index in [1.165, 1.54) is 0 Å². The molecule has 0 radical (unpaired) electrons. The lowest BCUT2D eigenvalue weighted by Gasteiger charge is -2.15. The Hall–Kier alpha value is -1.22. The molecular weight excluding hydrogens is 251 g/mol. The maximum atomic E-state index is 12.4. The van der Waals surface area contributed by atoms with Crippen molar-refractivity contribution in [3.8, 4) is 6.07 Å². The van der Waals surface area contributed by atoms with E-state index in [0.29, 0.717) is 11.3 Å². The van der Waals surface area contributed by atoms with Crippen molar-refractivity contribution in [3.63, 3.8) is 0 Å². The molecule has 0 N–H and O–H groups in total. The summed E-state index contributed by atoms with van der Waals surface area (Å²) in [4.78, 5) is 11.7. The zero-order chi connectivity index (χ0) is 12.6. The second-order valence-electron chi connectivity index (χ2n) is 3.89. The molecule has 0 unspecified atom stereocenters. The molecule has 2 atom stereocenters. The predicted octanol–water partition coefficient (Wildman–Crippen LogP) is 2.83. The lowest BCUT2D eigenvalue weighted by molar-refractivity contribution is -0.166. The van der Waals surface area contributed by atoms with E-state index in [0.717, 1.165) is 11.8 Å². The first-order chi connectivity index (χ1) is 7.95. The first kappa shape index (κ1) is 12.2. The molecule has 0 aliphatic heterocycles. The van der Waals surface area contributed by atoms with Crippen LogP contribution in [0.2, 0.25) is 0 Å². The molecule has 0 amide bonds. The van der Waals surface area contributed by atoms with Crippen molar-refractivity contribution in [2.75, 3.05) is 5.75 Å². The fourth-order valence-electron chi connectivity index (χ4n) is 2.22. The number of halogens is 3. The molecule has 17 heavy (non-hydrogen) atoms. The lowest BCUT2D eigenvalue weighted by Crippen LogP contribution is -2.27. The van der Waals surface area contributed by atoms with E-state index < -0.39 is 17.9 Å². The Balaban J connectivity index is 2.31. The van der Waals surface area contributed by atoms with Gasteiger partial charge in [0.1, 0.15) is 0 Å². The Morgan fingerprint density at radius 1 is 1.47 bits per heavy atom. The number of allylic oxidation sites excluding steroid dienone is 4. The van der Waals surface area contributed by atoms with Gasteiger partial charge in [-0.25, -0.2) is 0 Å². The van der Waals surface area contributed by atoms with Crippen LogP contribution in [0.1, 0.15) is 6.42 Å². The fourth-order valence-corrected chi connectivity index (χ4v) is 3.23. The standard InChI is InChI=1S/C11H8F3NOS/c12-11(13,14)10(16)8-6-1-2-7(5-6)9(8)17-4-3-15/h1-2,6-7H,4-5H2/t6-,7+/m0/s1. The number of nitriles is 1. The number of alkyl halides is 3. The number of fused-ring (bicyclic) bond motifs is 2. The molecule has 6 heteroatoms. The van der Waals surface area contributed by atoms with Gasteiger partial charge in [-0.3, -0.25) is 4.79 Å². The summed E-state index contributed by atoms with van der Waals surface area (Å²) >= 11 is 1.05. The van der Waals surface area contributed by atoms with Crippen LogP contribution in [0, 0.1) is 23.2 Å². The van der Waals surface area contributed by atoms with Gasteiger partial charge < -0.3 is 0 Å². The second kappa shape index (κ2) is 4.22. The second-order valence-corrected chi connectivity index (χ2v) is 4.90. The molecule has 2 nitrogen and oxygen atoms in total. The molecular formula is C11H8F3NOS. The summed E-state index contributed by atoms with van der Waals surface area (Å²) < 4.78 is 37.3. The average Bonchev–Trinajstić information content (AvgIpc) is 2.83. The van der Waals surface area contributed by atoms with Gasteiger partial charge in [-0.2, -0.15) is 18.4 Å². The Bertz CT molecular complexity index is 458. The molecule has 0 aromatic heterocycles. The summed E-state index contributed by atoms with van der Waals surface area (Å²) in [5, 5.41) is 8.46. The lowest BCUT2D eigenvalue weighted by atomic mass is 9.99. The molecule has 90 valence electrons. The van der Waals surface area contributed by atoms with Crippen LogP contribution in [0.3, 0.4) is 0 Å². The third-order valence-corrected chi connectivity index (χ3v) is 3.96. The third-order valence-electron chi connectivity index (χ3n) is 2.85. The molecule has 2 bridgehead atoms. The van der Waals surface area contributed by atoms with Crippen molar-refractivity contribution >= 4 is 17.5 Å². The molecule has 0 spiro atoms. The highest BCUT2D eigenvalue weighted by atomic mass is 32.2. The minimum absolute atomic E-state index is 0.0705. The van der Waals surface area contributed by atoms with E-state index in [1.807, 2.05) is 12.1 Å². The Morgan fingerprint density at radius 3 is 2.71 bits per heavy atom. The zero-order valence-corrected chi connectivity index (χ0v) is 9.44. The fraction of sp³-hybridized carbons (Fsp3) is 0.455. The number of thioether (sulfide) groups is 1. The molecule has 2 aliphatic rings. The van der Waals surface area contributed by atoms with Gasteiger partial charge in [-0.15, -0.1) is 11.8 Å². The summed E-state index contributed by atoms with van der Waals surface area (Å²) in [6, 6.07) is 1.86. The van der Waals surface area contributed by atoms with E-state index in [-0.39, 0.29) is 17.2 Å². The van der Waals surface area contributed by atoms with Gasteiger partial charge >= 0.3 is 6.18 Å². The van der Waals surface area contributed by atoms with Crippen LogP contribution in [-0.4, -0.2) is 17.7 Å². The van der Waals surface area contributed by atoms with Crippen LogP contribution < -0.4 is 0 Å². The number of carbonyl (C=O) groups is 1. The van der Waals surface area contributed by atoms with Crippen LogP contribution in [0.4, 0.5) is 13.2 Å². The van der Waals surface area contributed by atoms with Crippen LogP contribution in [0.15, 0.2) is 22.6 Å². The average molecular weight is 259 g/mol. The number of Topliss-reactive ketones (excluding diaryl/α,β-unsaturated/α-hetero) is 1. The number of hydrogen-bond donors (Lipinski definition) is 0. The minimum Gasteiger partial charge on any atom is -0.284 e. The summed E-state index contributed by atoms with van der Waals surface area (Å²) in [5.74, 6) is -2.22. The zero-order valence-electron chi connectivity index (χ0n) is 8.62. The van der Waals surface area contributed by atoms with Crippen molar-refractivity contribution in [1.29, 1.82) is 5.26 Å². The van der Waals surface area contributed by atoms with Crippen LogP contribution in [0.5, 0.6) is 0 Å². The Morgan fingerprint density at radius 2 is 2.12 bits per heavy atom. The summed E-state index contributed by atoms with van der Waals surface area (Å²) in [6.45, 7) is 0. The largest absolute Gasteiger partial charge is 0.454 e. The highest BCUT2D eigenvalue weighted by Gasteiger charge is 2.48. The predicted molar refractivity (Wildman–Crippen MR) is 56.9 cm³/mol. The topological polar surface area (TPSA) is 40.9 Å². The quantitative estimate of drug-likeness (QED) is 0.732. The van der Waals surface area contributed by atoms with Gasteiger partial charge in [-0.05, 0) is 6.42 Å². The summed E-state index contributed by atoms with van der Waals surface area (Å²) in [7, 11) is 0. The number of rotatable bonds is 3.